The maximum atomic E-state index is 14.8. The van der Waals surface area contributed by atoms with E-state index in [1.54, 1.807) is 48.5 Å². The van der Waals surface area contributed by atoms with E-state index in [0.29, 0.717) is 22.6 Å². The predicted molar refractivity (Wildman–Crippen MR) is 135 cm³/mol. The lowest BCUT2D eigenvalue weighted by Crippen LogP contribution is -2.46. The summed E-state index contributed by atoms with van der Waals surface area (Å²) in [4.78, 5) is 16.4. The summed E-state index contributed by atoms with van der Waals surface area (Å²) in [6, 6.07) is 21.0. The van der Waals surface area contributed by atoms with E-state index >= 15 is 0 Å². The fourth-order valence-corrected chi connectivity index (χ4v) is 5.08. The Morgan fingerprint density at radius 2 is 1.76 bits per heavy atom. The van der Waals surface area contributed by atoms with Crippen LogP contribution in [0.5, 0.6) is 17.2 Å². The van der Waals surface area contributed by atoms with Gasteiger partial charge >= 0.3 is 6.36 Å². The highest BCUT2D eigenvalue weighted by atomic mass is 32.1. The first-order valence-electron chi connectivity index (χ1n) is 11.6. The number of rotatable bonds is 6. The second kappa shape index (κ2) is 10.4. The first-order valence-corrected chi connectivity index (χ1v) is 12.4. The van der Waals surface area contributed by atoms with Crippen molar-refractivity contribution in [2.24, 2.45) is 0 Å². The molecule has 196 valence electrons. The van der Waals surface area contributed by atoms with Crippen molar-refractivity contribution in [3.05, 3.63) is 95.1 Å². The molecule has 10 heteroatoms. The Labute approximate surface area is 219 Å². The second-order valence-corrected chi connectivity index (χ2v) is 9.70. The van der Waals surface area contributed by atoms with Crippen LogP contribution in [-0.2, 0) is 11.3 Å². The minimum Gasteiger partial charge on any atom is -0.485 e. The van der Waals surface area contributed by atoms with Crippen molar-refractivity contribution in [3.63, 3.8) is 0 Å². The first-order chi connectivity index (χ1) is 18.2. The third kappa shape index (κ3) is 5.60. The molecule has 0 N–H and O–H groups in total. The molecule has 1 amide bonds. The maximum absolute atomic E-state index is 14.8. The monoisotopic (exact) mass is 543 g/mol. The molecule has 1 aromatic heterocycles. The number of ether oxygens (including phenoxy) is 3. The smallest absolute Gasteiger partial charge is 0.485 e. The minimum atomic E-state index is -4.78. The van der Waals surface area contributed by atoms with Crippen molar-refractivity contribution >= 4 is 22.9 Å². The normalized spacial score (nSPS) is 14.7. The summed E-state index contributed by atoms with van der Waals surface area (Å²) in [6.45, 7) is 1.56. The molecule has 0 bridgehead atoms. The number of carbonyl (C=O) groups excluding carboxylic acids is 1. The summed E-state index contributed by atoms with van der Waals surface area (Å²) in [6.07, 6.45) is -5.76. The lowest BCUT2D eigenvalue weighted by Gasteiger charge is -2.30. The summed E-state index contributed by atoms with van der Waals surface area (Å²) < 4.78 is 68.3. The van der Waals surface area contributed by atoms with E-state index in [-0.39, 0.29) is 24.6 Å². The van der Waals surface area contributed by atoms with Gasteiger partial charge in [0.25, 0.3) is 5.91 Å². The first kappa shape index (κ1) is 25.6. The lowest BCUT2D eigenvalue weighted by molar-refractivity contribution is -0.274. The van der Waals surface area contributed by atoms with Crippen LogP contribution >= 0.6 is 11.3 Å². The third-order valence-electron chi connectivity index (χ3n) is 5.85. The van der Waals surface area contributed by atoms with Crippen LogP contribution in [0.2, 0.25) is 0 Å². The number of benzene rings is 3. The Kier molecular flexibility index (Phi) is 6.98. The van der Waals surface area contributed by atoms with E-state index in [2.05, 4.69) is 4.74 Å². The third-order valence-corrected chi connectivity index (χ3v) is 6.97. The highest BCUT2D eigenvalue weighted by Crippen LogP contribution is 2.36. The molecule has 4 aromatic rings. The molecule has 0 fully saturated rings. The van der Waals surface area contributed by atoms with Crippen molar-refractivity contribution in [2.45, 2.75) is 25.9 Å². The van der Waals surface area contributed by atoms with Gasteiger partial charge in [0.2, 0.25) is 6.10 Å². The van der Waals surface area contributed by atoms with Crippen LogP contribution in [0.15, 0.2) is 78.9 Å². The zero-order chi connectivity index (χ0) is 26.9. The average molecular weight is 544 g/mol. The van der Waals surface area contributed by atoms with Crippen molar-refractivity contribution in [3.8, 4) is 27.7 Å². The molecule has 5 nitrogen and oxygen atoms in total. The number of anilines is 1. The summed E-state index contributed by atoms with van der Waals surface area (Å²) in [5.74, 6) is -0.350. The standard InChI is InChI=1S/C28H21F4NO4S/c1-17-14-18(10-12-22(17)37-28(30,31)32)26-13-11-19(38-26)15-33(21-7-3-2-6-20(21)29)27(34)25-16-35-23-8-4-5-9-24(23)36-25/h2-14,25H,15-16H2,1H3. The van der Waals surface area contributed by atoms with Crippen LogP contribution in [0.1, 0.15) is 10.4 Å². The molecule has 1 aliphatic heterocycles. The fraction of sp³-hybridized carbons (Fsp3) is 0.179. The maximum Gasteiger partial charge on any atom is 0.573 e. The van der Waals surface area contributed by atoms with Gasteiger partial charge in [0, 0.05) is 9.75 Å². The van der Waals surface area contributed by atoms with Crippen molar-refractivity contribution in [2.75, 3.05) is 11.5 Å². The number of nitrogens with zero attached hydrogens (tertiary/aromatic N) is 1. The summed E-state index contributed by atoms with van der Waals surface area (Å²) in [7, 11) is 0. The summed E-state index contributed by atoms with van der Waals surface area (Å²) in [5.41, 5.74) is 1.12. The van der Waals surface area contributed by atoms with Crippen molar-refractivity contribution in [1.29, 1.82) is 0 Å². The van der Waals surface area contributed by atoms with Crippen LogP contribution in [0.4, 0.5) is 23.2 Å². The van der Waals surface area contributed by atoms with Gasteiger partial charge in [0.05, 0.1) is 12.2 Å². The largest absolute Gasteiger partial charge is 0.573 e. The number of carbonyl (C=O) groups is 1. The molecule has 38 heavy (non-hydrogen) atoms. The van der Waals surface area contributed by atoms with E-state index in [9.17, 15) is 22.4 Å². The summed E-state index contributed by atoms with van der Waals surface area (Å²) >= 11 is 1.34. The van der Waals surface area contributed by atoms with Gasteiger partial charge < -0.3 is 19.1 Å². The zero-order valence-electron chi connectivity index (χ0n) is 20.0. The Morgan fingerprint density at radius 1 is 1.03 bits per heavy atom. The predicted octanol–water partition coefficient (Wildman–Crippen LogP) is 7.13. The summed E-state index contributed by atoms with van der Waals surface area (Å²) in [5, 5.41) is 0. The van der Waals surface area contributed by atoms with Gasteiger partial charge in [-0.05, 0) is 72.6 Å². The number of fused-ring (bicyclic) bond motifs is 1. The zero-order valence-corrected chi connectivity index (χ0v) is 20.8. The fourth-order valence-electron chi connectivity index (χ4n) is 4.08. The second-order valence-electron chi connectivity index (χ2n) is 8.53. The molecule has 1 unspecified atom stereocenters. The van der Waals surface area contributed by atoms with Gasteiger partial charge in [-0.3, -0.25) is 4.79 Å². The highest BCUT2D eigenvalue weighted by molar-refractivity contribution is 7.15. The van der Waals surface area contributed by atoms with Crippen molar-refractivity contribution in [1.82, 2.24) is 0 Å². The van der Waals surface area contributed by atoms with Gasteiger partial charge in [0.1, 0.15) is 18.2 Å². The van der Waals surface area contributed by atoms with Crippen molar-refractivity contribution < 1.29 is 36.6 Å². The van der Waals surface area contributed by atoms with Crippen LogP contribution < -0.4 is 19.1 Å². The molecule has 0 saturated carbocycles. The number of alkyl halides is 3. The number of aryl methyl sites for hydroxylation is 1. The van der Waals surface area contributed by atoms with E-state index in [4.69, 9.17) is 9.47 Å². The number of para-hydroxylation sites is 3. The molecule has 1 aliphatic rings. The quantitative estimate of drug-likeness (QED) is 0.243. The minimum absolute atomic E-state index is 0.0257. The molecule has 0 aliphatic carbocycles. The Morgan fingerprint density at radius 3 is 2.50 bits per heavy atom. The number of halogens is 4. The van der Waals surface area contributed by atoms with Gasteiger partial charge in [-0.15, -0.1) is 24.5 Å². The molecule has 2 heterocycles. The molecule has 0 radical (unpaired) electrons. The molecular formula is C28H21F4NO4S. The lowest BCUT2D eigenvalue weighted by atomic mass is 10.1. The van der Waals surface area contributed by atoms with Gasteiger partial charge in [-0.2, -0.15) is 0 Å². The van der Waals surface area contributed by atoms with Crippen LogP contribution in [0.3, 0.4) is 0 Å². The number of hydrogen-bond acceptors (Lipinski definition) is 5. The molecule has 0 spiro atoms. The topological polar surface area (TPSA) is 48.0 Å². The SMILES string of the molecule is Cc1cc(-c2ccc(CN(C(=O)C3COc4ccccc4O3)c3ccccc3F)s2)ccc1OC(F)(F)F. The number of hydrogen-bond donors (Lipinski definition) is 0. The molecule has 5 rings (SSSR count). The molecule has 1 atom stereocenters. The van der Waals surface area contributed by atoms with Crippen LogP contribution in [0.25, 0.3) is 10.4 Å². The van der Waals surface area contributed by atoms with E-state index in [0.717, 1.165) is 9.75 Å². The Hall–Kier alpha value is -4.05. The van der Waals surface area contributed by atoms with Gasteiger partial charge in [-0.25, -0.2) is 4.39 Å². The van der Waals surface area contributed by atoms with Crippen LogP contribution in [0, 0.1) is 12.7 Å². The van der Waals surface area contributed by atoms with Gasteiger partial charge in [0.15, 0.2) is 11.5 Å². The molecule has 3 aromatic carbocycles. The molecular weight excluding hydrogens is 522 g/mol. The average Bonchev–Trinajstić information content (AvgIpc) is 3.36. The molecule has 0 saturated heterocycles. The Balaban J connectivity index is 1.40. The van der Waals surface area contributed by atoms with E-state index in [1.807, 2.05) is 0 Å². The number of thiophene rings is 1. The van der Waals surface area contributed by atoms with Gasteiger partial charge in [-0.1, -0.05) is 24.3 Å². The number of amides is 1. The van der Waals surface area contributed by atoms with E-state index < -0.39 is 24.2 Å². The van der Waals surface area contributed by atoms with E-state index in [1.165, 1.54) is 53.5 Å². The highest BCUT2D eigenvalue weighted by Gasteiger charge is 2.34. The Bertz CT molecular complexity index is 1470. The van der Waals surface area contributed by atoms with Crippen LogP contribution in [-0.4, -0.2) is 25.0 Å².